The van der Waals surface area contributed by atoms with E-state index in [1.165, 1.54) is 12.1 Å². The smallest absolute Gasteiger partial charge is 0.378 e. The number of nitrogens with zero attached hydrogens (tertiary/aromatic N) is 1. The van der Waals surface area contributed by atoms with Gasteiger partial charge >= 0.3 is 29.7 Å². The monoisotopic (exact) mass is 567 g/mol. The Morgan fingerprint density at radius 3 is 2.26 bits per heavy atom. The molecule has 0 aliphatic rings. The molecule has 0 bridgehead atoms. The number of furan rings is 1. The highest BCUT2D eigenvalue weighted by Gasteiger charge is 2.79. The van der Waals surface area contributed by atoms with Gasteiger partial charge in [-0.25, -0.2) is 4.79 Å². The van der Waals surface area contributed by atoms with Gasteiger partial charge in [0.15, 0.2) is 0 Å². The number of carbonyl (C=O) groups is 1. The number of ether oxygens (including phenoxy) is 1. The molecule has 0 aliphatic heterocycles. The average molecular weight is 567 g/mol. The first-order chi connectivity index (χ1) is 17.6. The van der Waals surface area contributed by atoms with E-state index in [-0.39, 0.29) is 5.57 Å². The van der Waals surface area contributed by atoms with Crippen LogP contribution in [0.25, 0.3) is 22.3 Å². The van der Waals surface area contributed by atoms with Gasteiger partial charge in [0, 0.05) is 46.0 Å². The highest BCUT2D eigenvalue weighted by atomic mass is 32.2. The molecule has 0 spiro atoms. The minimum atomic E-state index is -6.43. The number of aromatic nitrogens is 1. The number of alkyl halides is 8. The number of hydrogen-bond acceptors (Lipinski definition) is 5. The lowest BCUT2D eigenvalue weighted by Crippen LogP contribution is -2.62. The van der Waals surface area contributed by atoms with Gasteiger partial charge in [-0.3, -0.25) is 4.98 Å². The summed E-state index contributed by atoms with van der Waals surface area (Å²) in [5.74, 6) is -25.5. The van der Waals surface area contributed by atoms with Crippen molar-refractivity contribution in [1.29, 1.82) is 0 Å². The summed E-state index contributed by atoms with van der Waals surface area (Å²) in [5, 5.41) is 0.654. The summed E-state index contributed by atoms with van der Waals surface area (Å²) in [4.78, 5) is 15.5. The van der Waals surface area contributed by atoms with Crippen molar-refractivity contribution in [2.24, 2.45) is 0 Å². The molecule has 0 unspecified atom stereocenters. The fraction of sp³-hybridized carbons (Fsp3) is 0.360. The molecule has 0 aliphatic carbocycles. The molecular weight excluding hydrogens is 546 g/mol. The maximum atomic E-state index is 14.2. The van der Waals surface area contributed by atoms with E-state index in [1.54, 1.807) is 36.7 Å². The topological polar surface area (TPSA) is 52.3 Å². The summed E-state index contributed by atoms with van der Waals surface area (Å²) < 4.78 is 123. The van der Waals surface area contributed by atoms with E-state index < -0.39 is 54.9 Å². The molecule has 0 N–H and O–H groups in total. The van der Waals surface area contributed by atoms with Crippen molar-refractivity contribution in [3.05, 3.63) is 60.9 Å². The zero-order valence-electron chi connectivity index (χ0n) is 19.8. The van der Waals surface area contributed by atoms with Gasteiger partial charge < -0.3 is 9.15 Å². The highest BCUT2D eigenvalue weighted by Crippen LogP contribution is 2.54. The molecule has 3 aromatic rings. The van der Waals surface area contributed by atoms with Crippen molar-refractivity contribution in [2.45, 2.75) is 48.4 Å². The lowest BCUT2D eigenvalue weighted by molar-refractivity contribution is -0.367. The Morgan fingerprint density at radius 2 is 1.66 bits per heavy atom. The van der Waals surface area contributed by atoms with E-state index in [0.717, 1.165) is 6.92 Å². The minimum Gasteiger partial charge on any atom is -0.462 e. The average Bonchev–Trinajstić information content (AvgIpc) is 3.27. The quantitative estimate of drug-likeness (QED) is 0.0960. The summed E-state index contributed by atoms with van der Waals surface area (Å²) in [6, 6.07) is 9.67. The Hall–Kier alpha value is -3.09. The number of esters is 1. The fourth-order valence-corrected chi connectivity index (χ4v) is 4.17. The lowest BCUT2D eigenvalue weighted by atomic mass is 9.95. The van der Waals surface area contributed by atoms with Crippen LogP contribution in [0.5, 0.6) is 0 Å². The van der Waals surface area contributed by atoms with Crippen LogP contribution in [0.2, 0.25) is 0 Å². The number of rotatable bonds is 12. The van der Waals surface area contributed by atoms with E-state index in [2.05, 4.69) is 16.3 Å². The van der Waals surface area contributed by atoms with E-state index in [1.807, 2.05) is 0 Å². The van der Waals surface area contributed by atoms with Gasteiger partial charge in [0.05, 0.1) is 13.0 Å². The van der Waals surface area contributed by atoms with Crippen molar-refractivity contribution in [2.75, 3.05) is 12.4 Å². The molecule has 2 heterocycles. The van der Waals surface area contributed by atoms with Gasteiger partial charge in [0.1, 0.15) is 11.3 Å². The van der Waals surface area contributed by atoms with Crippen LogP contribution in [0.15, 0.2) is 70.3 Å². The molecule has 2 aromatic heterocycles. The minimum absolute atomic E-state index is 0.255. The van der Waals surface area contributed by atoms with Crippen LogP contribution in [-0.2, 0) is 9.53 Å². The first-order valence-corrected chi connectivity index (χ1v) is 12.0. The van der Waals surface area contributed by atoms with Crippen molar-refractivity contribution >= 4 is 28.7 Å². The molecule has 0 saturated carbocycles. The van der Waals surface area contributed by atoms with Crippen LogP contribution >= 0.6 is 11.8 Å². The van der Waals surface area contributed by atoms with Crippen LogP contribution in [-0.4, -0.2) is 47.0 Å². The summed E-state index contributed by atoms with van der Waals surface area (Å²) in [6.07, 6.45) is -0.787. The van der Waals surface area contributed by atoms with E-state index >= 15 is 0 Å². The Morgan fingerprint density at radius 1 is 1.00 bits per heavy atom. The van der Waals surface area contributed by atoms with E-state index in [9.17, 15) is 39.9 Å². The Balaban J connectivity index is 1.65. The molecule has 38 heavy (non-hydrogen) atoms. The molecule has 1 aromatic carbocycles. The number of hydrogen-bond donors (Lipinski definition) is 0. The lowest BCUT2D eigenvalue weighted by Gasteiger charge is -2.36. The zero-order valence-corrected chi connectivity index (χ0v) is 20.6. The number of benzene rings is 1. The fourth-order valence-electron chi connectivity index (χ4n) is 3.22. The predicted molar refractivity (Wildman–Crippen MR) is 125 cm³/mol. The standard InChI is InChI=1S/C25H21F8NO3S/c1-15(2)21(35)36-10-7-22(26,27)24(30,31)25(32,33)23(28,29)8-11-38-18-6-5-16-12-19(37-20(16)13-18)17-4-3-9-34-14-17/h3-6,9,12-14H,1,7-8,10-11H2,2H3. The van der Waals surface area contributed by atoms with Gasteiger partial charge in [-0.05, 0) is 43.3 Å². The summed E-state index contributed by atoms with van der Waals surface area (Å²) in [5.41, 5.74) is 0.769. The molecular formula is C25H21F8NO3S. The maximum Gasteiger partial charge on any atom is 0.378 e. The molecule has 0 atom stereocenters. The number of thioether (sulfide) groups is 1. The molecule has 13 heteroatoms. The molecule has 0 radical (unpaired) electrons. The van der Waals surface area contributed by atoms with Gasteiger partial charge in [-0.15, -0.1) is 11.8 Å². The Kier molecular flexibility index (Phi) is 8.49. The van der Waals surface area contributed by atoms with Crippen molar-refractivity contribution < 1.29 is 49.1 Å². The van der Waals surface area contributed by atoms with Crippen LogP contribution < -0.4 is 0 Å². The third-order valence-electron chi connectivity index (χ3n) is 5.43. The van der Waals surface area contributed by atoms with Gasteiger partial charge in [-0.2, -0.15) is 35.1 Å². The SMILES string of the molecule is C=C(C)C(=O)OCCC(F)(F)C(F)(F)C(F)(F)C(F)(F)CCSc1ccc2cc(-c3cccnc3)oc2c1. The van der Waals surface area contributed by atoms with Crippen molar-refractivity contribution in [3.8, 4) is 11.3 Å². The Bertz CT molecular complexity index is 1290. The number of fused-ring (bicyclic) bond motifs is 1. The van der Waals surface area contributed by atoms with Crippen LogP contribution in [0.3, 0.4) is 0 Å². The molecule has 4 nitrogen and oxygen atoms in total. The first kappa shape index (κ1) is 29.5. The normalized spacial score (nSPS) is 13.1. The van der Waals surface area contributed by atoms with Gasteiger partial charge in [0.2, 0.25) is 0 Å². The second-order valence-electron chi connectivity index (χ2n) is 8.37. The summed E-state index contributed by atoms with van der Waals surface area (Å²) >= 11 is 0.637. The Labute approximate surface area is 216 Å². The highest BCUT2D eigenvalue weighted by molar-refractivity contribution is 7.99. The molecule has 206 valence electrons. The first-order valence-electron chi connectivity index (χ1n) is 11.0. The van der Waals surface area contributed by atoms with Crippen molar-refractivity contribution in [3.63, 3.8) is 0 Å². The van der Waals surface area contributed by atoms with Gasteiger partial charge in [-0.1, -0.05) is 6.58 Å². The second-order valence-corrected chi connectivity index (χ2v) is 9.54. The number of pyridine rings is 1. The van der Waals surface area contributed by atoms with E-state index in [4.69, 9.17) is 4.42 Å². The van der Waals surface area contributed by atoms with Gasteiger partial charge in [0.25, 0.3) is 0 Å². The van der Waals surface area contributed by atoms with E-state index in [0.29, 0.717) is 39.0 Å². The van der Waals surface area contributed by atoms with Crippen molar-refractivity contribution in [1.82, 2.24) is 4.98 Å². The third-order valence-corrected chi connectivity index (χ3v) is 6.43. The summed E-state index contributed by atoms with van der Waals surface area (Å²) in [6.45, 7) is 2.86. The van der Waals surface area contributed by atoms with Crippen LogP contribution in [0, 0.1) is 0 Å². The second kappa shape index (κ2) is 11.0. The van der Waals surface area contributed by atoms with Crippen LogP contribution in [0.4, 0.5) is 35.1 Å². The summed E-state index contributed by atoms with van der Waals surface area (Å²) in [7, 11) is 0. The molecule has 0 fully saturated rings. The number of carbonyl (C=O) groups excluding carboxylic acids is 1. The zero-order chi connectivity index (χ0) is 28.4. The van der Waals surface area contributed by atoms with Crippen LogP contribution in [0.1, 0.15) is 19.8 Å². The molecule has 0 saturated heterocycles. The molecule has 0 amide bonds. The number of halogens is 8. The third kappa shape index (κ3) is 5.97. The predicted octanol–water partition coefficient (Wildman–Crippen LogP) is 8.03. The maximum absolute atomic E-state index is 14.2. The largest absolute Gasteiger partial charge is 0.462 e. The molecule has 3 rings (SSSR count).